The van der Waals surface area contributed by atoms with Crippen LogP contribution in [0.3, 0.4) is 0 Å². The van der Waals surface area contributed by atoms with Crippen molar-refractivity contribution >= 4 is 34.4 Å². The molecule has 0 saturated heterocycles. The van der Waals surface area contributed by atoms with E-state index in [1.54, 1.807) is 31.3 Å². The molecule has 9 heteroatoms. The van der Waals surface area contributed by atoms with Crippen molar-refractivity contribution in [1.29, 1.82) is 0 Å². The zero-order valence-electron chi connectivity index (χ0n) is 17.1. The van der Waals surface area contributed by atoms with Crippen LogP contribution in [0.5, 0.6) is 0 Å². The monoisotopic (exact) mass is 445 g/mol. The van der Waals surface area contributed by atoms with E-state index < -0.39 is 24.3 Å². The van der Waals surface area contributed by atoms with Gasteiger partial charge in [-0.15, -0.1) is 0 Å². The SMILES string of the molecule is CN(Cc1c(F)cccc1Cl)C(=O)COC(=O)CCc1nc2ccccc2c(=O)n1C. The fourth-order valence-corrected chi connectivity index (χ4v) is 3.26. The van der Waals surface area contributed by atoms with Crippen LogP contribution in [0.2, 0.25) is 5.02 Å². The van der Waals surface area contributed by atoms with E-state index in [1.165, 1.54) is 34.7 Å². The minimum absolute atomic E-state index is 0.0469. The first-order valence-electron chi connectivity index (χ1n) is 9.55. The molecule has 0 spiro atoms. The van der Waals surface area contributed by atoms with Crippen LogP contribution in [0, 0.1) is 5.82 Å². The molecule has 0 aliphatic heterocycles. The third-order valence-corrected chi connectivity index (χ3v) is 5.22. The molecule has 0 radical (unpaired) electrons. The summed E-state index contributed by atoms with van der Waals surface area (Å²) in [6, 6.07) is 11.2. The molecule has 3 rings (SSSR count). The van der Waals surface area contributed by atoms with Gasteiger partial charge in [0.25, 0.3) is 11.5 Å². The maximum atomic E-state index is 13.9. The zero-order chi connectivity index (χ0) is 22.5. The number of amides is 1. The highest BCUT2D eigenvalue weighted by Gasteiger charge is 2.17. The van der Waals surface area contributed by atoms with E-state index in [0.29, 0.717) is 16.7 Å². The van der Waals surface area contributed by atoms with Crippen LogP contribution in [0.25, 0.3) is 10.9 Å². The first kappa shape index (κ1) is 22.4. The first-order valence-corrected chi connectivity index (χ1v) is 9.93. The second kappa shape index (κ2) is 9.70. The predicted octanol–water partition coefficient (Wildman–Crippen LogP) is 2.86. The number of rotatable bonds is 7. The molecular weight excluding hydrogens is 425 g/mol. The summed E-state index contributed by atoms with van der Waals surface area (Å²) in [6.45, 7) is -0.531. The van der Waals surface area contributed by atoms with Crippen molar-refractivity contribution in [3.05, 3.63) is 75.0 Å². The van der Waals surface area contributed by atoms with E-state index in [1.807, 2.05) is 0 Å². The molecule has 0 N–H and O–H groups in total. The number of likely N-dealkylation sites (N-methyl/N-ethyl adjacent to an activating group) is 1. The molecular formula is C22H21ClFN3O4. The number of hydrogen-bond acceptors (Lipinski definition) is 5. The van der Waals surface area contributed by atoms with Gasteiger partial charge in [0.1, 0.15) is 11.6 Å². The molecule has 0 atom stereocenters. The molecule has 0 aliphatic rings. The molecule has 1 aromatic heterocycles. The summed E-state index contributed by atoms with van der Waals surface area (Å²) in [7, 11) is 3.06. The Hall–Kier alpha value is -3.26. The van der Waals surface area contributed by atoms with Gasteiger partial charge in [0.2, 0.25) is 0 Å². The Morgan fingerprint density at radius 3 is 2.68 bits per heavy atom. The fraction of sp³-hybridized carbons (Fsp3) is 0.273. The smallest absolute Gasteiger partial charge is 0.306 e. The van der Waals surface area contributed by atoms with Crippen LogP contribution in [0.4, 0.5) is 4.39 Å². The lowest BCUT2D eigenvalue weighted by atomic mass is 10.2. The van der Waals surface area contributed by atoms with Crippen LogP contribution in [-0.2, 0) is 34.3 Å². The largest absolute Gasteiger partial charge is 0.456 e. The molecule has 31 heavy (non-hydrogen) atoms. The van der Waals surface area contributed by atoms with Crippen molar-refractivity contribution < 1.29 is 18.7 Å². The Morgan fingerprint density at radius 1 is 1.19 bits per heavy atom. The van der Waals surface area contributed by atoms with Gasteiger partial charge in [0.15, 0.2) is 6.61 Å². The van der Waals surface area contributed by atoms with E-state index in [4.69, 9.17) is 16.3 Å². The average molecular weight is 446 g/mol. The van der Waals surface area contributed by atoms with Crippen LogP contribution < -0.4 is 5.56 Å². The van der Waals surface area contributed by atoms with Gasteiger partial charge in [-0.05, 0) is 24.3 Å². The zero-order valence-corrected chi connectivity index (χ0v) is 17.9. The van der Waals surface area contributed by atoms with Gasteiger partial charge >= 0.3 is 5.97 Å². The number of aromatic nitrogens is 2. The van der Waals surface area contributed by atoms with Gasteiger partial charge < -0.3 is 9.64 Å². The Balaban J connectivity index is 1.54. The third kappa shape index (κ3) is 5.27. The minimum atomic E-state index is -0.604. The van der Waals surface area contributed by atoms with E-state index in [0.717, 1.165) is 0 Å². The number of esters is 1. The molecule has 0 saturated carbocycles. The van der Waals surface area contributed by atoms with Gasteiger partial charge in [0.05, 0.1) is 17.3 Å². The highest BCUT2D eigenvalue weighted by atomic mass is 35.5. The molecule has 0 unspecified atom stereocenters. The van der Waals surface area contributed by atoms with Gasteiger partial charge in [-0.1, -0.05) is 29.8 Å². The summed E-state index contributed by atoms with van der Waals surface area (Å²) in [6.07, 6.45) is 0.138. The number of hydrogen-bond donors (Lipinski definition) is 0. The third-order valence-electron chi connectivity index (χ3n) is 4.87. The molecule has 0 bridgehead atoms. The molecule has 1 amide bonds. The van der Waals surface area contributed by atoms with E-state index in [2.05, 4.69) is 4.98 Å². The van der Waals surface area contributed by atoms with Crippen molar-refractivity contribution in [2.45, 2.75) is 19.4 Å². The van der Waals surface area contributed by atoms with Gasteiger partial charge in [-0.3, -0.25) is 19.0 Å². The van der Waals surface area contributed by atoms with E-state index in [9.17, 15) is 18.8 Å². The Labute approximate surface area is 183 Å². The number of para-hydroxylation sites is 1. The Bertz CT molecular complexity index is 1170. The standard InChI is InChI=1S/C22H21ClFN3O4/c1-26(12-15-16(23)7-5-8-17(15)24)20(28)13-31-21(29)11-10-19-25-18-9-4-3-6-14(18)22(30)27(19)2/h3-9H,10-13H2,1-2H3. The second-order valence-electron chi connectivity index (χ2n) is 7.02. The lowest BCUT2D eigenvalue weighted by Gasteiger charge is -2.18. The molecule has 3 aromatic rings. The van der Waals surface area contributed by atoms with Crippen molar-refractivity contribution in [1.82, 2.24) is 14.5 Å². The van der Waals surface area contributed by atoms with E-state index in [-0.39, 0.29) is 35.5 Å². The number of benzene rings is 2. The number of carbonyl (C=O) groups excluding carboxylic acids is 2. The topological polar surface area (TPSA) is 81.5 Å². The van der Waals surface area contributed by atoms with Gasteiger partial charge in [0, 0.05) is 37.6 Å². The lowest BCUT2D eigenvalue weighted by molar-refractivity contribution is -0.151. The molecule has 162 valence electrons. The number of aryl methyl sites for hydroxylation is 1. The average Bonchev–Trinajstić information content (AvgIpc) is 2.76. The first-order chi connectivity index (χ1) is 14.8. The van der Waals surface area contributed by atoms with E-state index >= 15 is 0 Å². The maximum absolute atomic E-state index is 13.9. The maximum Gasteiger partial charge on any atom is 0.306 e. The quantitative estimate of drug-likeness (QED) is 0.522. The summed E-state index contributed by atoms with van der Waals surface area (Å²) in [5.74, 6) is -1.17. The summed E-state index contributed by atoms with van der Waals surface area (Å²) >= 11 is 5.97. The van der Waals surface area contributed by atoms with Crippen LogP contribution >= 0.6 is 11.6 Å². The van der Waals surface area contributed by atoms with Gasteiger partial charge in [-0.2, -0.15) is 0 Å². The van der Waals surface area contributed by atoms with Crippen molar-refractivity contribution in [3.63, 3.8) is 0 Å². The highest BCUT2D eigenvalue weighted by Crippen LogP contribution is 2.20. The number of ether oxygens (including phenoxy) is 1. The molecule has 2 aromatic carbocycles. The van der Waals surface area contributed by atoms with Crippen LogP contribution in [-0.4, -0.2) is 40.0 Å². The number of nitrogens with zero attached hydrogens (tertiary/aromatic N) is 3. The lowest BCUT2D eigenvalue weighted by Crippen LogP contribution is -2.31. The van der Waals surface area contributed by atoms with Crippen LogP contribution in [0.1, 0.15) is 17.8 Å². The molecule has 7 nitrogen and oxygen atoms in total. The minimum Gasteiger partial charge on any atom is -0.456 e. The summed E-state index contributed by atoms with van der Waals surface area (Å²) in [5.41, 5.74) is 0.546. The highest BCUT2D eigenvalue weighted by molar-refractivity contribution is 6.31. The van der Waals surface area contributed by atoms with Crippen LogP contribution in [0.15, 0.2) is 47.3 Å². The second-order valence-corrected chi connectivity index (χ2v) is 7.43. The van der Waals surface area contributed by atoms with Crippen molar-refractivity contribution in [2.75, 3.05) is 13.7 Å². The normalized spacial score (nSPS) is 10.8. The molecule has 0 fully saturated rings. The molecule has 1 heterocycles. The summed E-state index contributed by atoms with van der Waals surface area (Å²) in [4.78, 5) is 42.4. The van der Waals surface area contributed by atoms with Crippen molar-refractivity contribution in [3.8, 4) is 0 Å². The number of carbonyl (C=O) groups is 2. The number of halogens is 2. The Kier molecular flexibility index (Phi) is 7.02. The Morgan fingerprint density at radius 2 is 1.94 bits per heavy atom. The predicted molar refractivity (Wildman–Crippen MR) is 114 cm³/mol. The molecule has 0 aliphatic carbocycles. The fourth-order valence-electron chi connectivity index (χ4n) is 3.03. The summed E-state index contributed by atoms with van der Waals surface area (Å²) in [5, 5.41) is 0.713. The summed E-state index contributed by atoms with van der Waals surface area (Å²) < 4.78 is 20.3. The van der Waals surface area contributed by atoms with Crippen molar-refractivity contribution in [2.24, 2.45) is 7.05 Å². The van der Waals surface area contributed by atoms with Gasteiger partial charge in [-0.25, -0.2) is 9.37 Å². The number of fused-ring (bicyclic) bond motifs is 1.